The van der Waals surface area contributed by atoms with Crippen LogP contribution in [0, 0.1) is 5.41 Å². The Bertz CT molecular complexity index is 722. The van der Waals surface area contributed by atoms with Gasteiger partial charge in [-0.3, -0.25) is 9.36 Å². The highest BCUT2D eigenvalue weighted by atomic mass is 16.1. The molecule has 1 fully saturated rings. The second-order valence-electron chi connectivity index (χ2n) is 6.68. The van der Waals surface area contributed by atoms with Crippen molar-refractivity contribution >= 4 is 10.9 Å². The molecule has 1 aromatic carbocycles. The van der Waals surface area contributed by atoms with E-state index in [4.69, 9.17) is 0 Å². The molecule has 0 amide bonds. The zero-order valence-corrected chi connectivity index (χ0v) is 13.1. The third-order valence-corrected chi connectivity index (χ3v) is 4.60. The summed E-state index contributed by atoms with van der Waals surface area (Å²) >= 11 is 0. The Morgan fingerprint density at radius 3 is 2.86 bits per heavy atom. The monoisotopic (exact) mass is 285 g/mol. The molecule has 1 aliphatic heterocycles. The number of aromatic nitrogens is 2. The SMILES string of the molecule is CCc1ccc2ncn(C[C@]3(C)CCN(C)C3)c(=O)c2c1. The van der Waals surface area contributed by atoms with Gasteiger partial charge in [0.1, 0.15) is 0 Å². The Kier molecular flexibility index (Phi) is 3.57. The van der Waals surface area contributed by atoms with E-state index in [9.17, 15) is 4.79 Å². The smallest absolute Gasteiger partial charge is 0.261 e. The summed E-state index contributed by atoms with van der Waals surface area (Å²) in [6.45, 7) is 7.25. The number of benzene rings is 1. The van der Waals surface area contributed by atoms with Gasteiger partial charge in [-0.1, -0.05) is 19.9 Å². The number of nitrogens with zero attached hydrogens (tertiary/aromatic N) is 3. The summed E-state index contributed by atoms with van der Waals surface area (Å²) in [7, 11) is 2.14. The predicted octanol–water partition coefficient (Wildman–Crippen LogP) is 2.30. The maximum absolute atomic E-state index is 12.7. The summed E-state index contributed by atoms with van der Waals surface area (Å²) < 4.78 is 1.79. The van der Waals surface area contributed by atoms with Crippen molar-refractivity contribution in [1.82, 2.24) is 14.5 Å². The number of aryl methyl sites for hydroxylation is 1. The van der Waals surface area contributed by atoms with Crippen LogP contribution >= 0.6 is 0 Å². The highest BCUT2D eigenvalue weighted by Gasteiger charge is 2.32. The summed E-state index contributed by atoms with van der Waals surface area (Å²) in [5.41, 5.74) is 2.23. The molecule has 2 heterocycles. The van der Waals surface area contributed by atoms with E-state index in [-0.39, 0.29) is 11.0 Å². The van der Waals surface area contributed by atoms with E-state index in [2.05, 4.69) is 30.8 Å². The van der Waals surface area contributed by atoms with E-state index in [0.29, 0.717) is 0 Å². The average molecular weight is 285 g/mol. The molecule has 0 unspecified atom stereocenters. The van der Waals surface area contributed by atoms with Crippen LogP contribution in [0.25, 0.3) is 10.9 Å². The Labute approximate surface area is 125 Å². The van der Waals surface area contributed by atoms with Gasteiger partial charge in [0.25, 0.3) is 5.56 Å². The van der Waals surface area contributed by atoms with Gasteiger partial charge in [-0.15, -0.1) is 0 Å². The van der Waals surface area contributed by atoms with Crippen LogP contribution in [-0.2, 0) is 13.0 Å². The van der Waals surface area contributed by atoms with E-state index in [1.807, 2.05) is 18.2 Å². The first-order valence-corrected chi connectivity index (χ1v) is 7.67. The van der Waals surface area contributed by atoms with E-state index in [1.165, 1.54) is 5.56 Å². The van der Waals surface area contributed by atoms with Crippen LogP contribution in [0.15, 0.2) is 29.3 Å². The molecule has 1 aliphatic rings. The lowest BCUT2D eigenvalue weighted by atomic mass is 9.90. The average Bonchev–Trinajstić information content (AvgIpc) is 2.81. The van der Waals surface area contributed by atoms with Crippen LogP contribution in [0.2, 0.25) is 0 Å². The topological polar surface area (TPSA) is 38.1 Å². The van der Waals surface area contributed by atoms with Crippen molar-refractivity contribution in [3.8, 4) is 0 Å². The largest absolute Gasteiger partial charge is 0.306 e. The molecule has 0 N–H and O–H groups in total. The first kappa shape index (κ1) is 14.3. The molecule has 0 bridgehead atoms. The normalized spacial score (nSPS) is 23.0. The number of likely N-dealkylation sites (tertiary alicyclic amines) is 1. The maximum atomic E-state index is 12.7. The molecular formula is C17H23N3O. The van der Waals surface area contributed by atoms with Crippen LogP contribution in [-0.4, -0.2) is 34.6 Å². The molecule has 21 heavy (non-hydrogen) atoms. The van der Waals surface area contributed by atoms with Gasteiger partial charge in [0.2, 0.25) is 0 Å². The van der Waals surface area contributed by atoms with Crippen molar-refractivity contribution in [2.75, 3.05) is 20.1 Å². The molecule has 0 radical (unpaired) electrons. The van der Waals surface area contributed by atoms with Crippen LogP contribution in [0.5, 0.6) is 0 Å². The summed E-state index contributed by atoms with van der Waals surface area (Å²) in [5, 5.41) is 0.742. The van der Waals surface area contributed by atoms with E-state index >= 15 is 0 Å². The van der Waals surface area contributed by atoms with Gasteiger partial charge < -0.3 is 4.90 Å². The lowest BCUT2D eigenvalue weighted by molar-refractivity contribution is 0.265. The molecule has 0 saturated carbocycles. The van der Waals surface area contributed by atoms with Crippen molar-refractivity contribution in [3.63, 3.8) is 0 Å². The Morgan fingerprint density at radius 2 is 2.19 bits per heavy atom. The number of rotatable bonds is 3. The minimum atomic E-state index is 0.0890. The molecule has 3 rings (SSSR count). The number of hydrogen-bond acceptors (Lipinski definition) is 3. The van der Waals surface area contributed by atoms with Crippen molar-refractivity contribution in [2.24, 2.45) is 5.41 Å². The lowest BCUT2D eigenvalue weighted by Gasteiger charge is -2.24. The minimum absolute atomic E-state index is 0.0890. The highest BCUT2D eigenvalue weighted by molar-refractivity contribution is 5.78. The lowest BCUT2D eigenvalue weighted by Crippen LogP contribution is -2.32. The molecule has 1 saturated heterocycles. The Balaban J connectivity index is 2.00. The molecule has 1 atom stereocenters. The van der Waals surface area contributed by atoms with Crippen LogP contribution in [0.3, 0.4) is 0 Å². The summed E-state index contributed by atoms with van der Waals surface area (Å²) in [6.07, 6.45) is 3.77. The fourth-order valence-corrected chi connectivity index (χ4v) is 3.35. The molecule has 0 aliphatic carbocycles. The fourth-order valence-electron chi connectivity index (χ4n) is 3.35. The fraction of sp³-hybridized carbons (Fsp3) is 0.529. The summed E-state index contributed by atoms with van der Waals surface area (Å²) in [6, 6.07) is 5.99. The van der Waals surface area contributed by atoms with Gasteiger partial charge in [-0.25, -0.2) is 4.98 Å². The predicted molar refractivity (Wildman–Crippen MR) is 85.6 cm³/mol. The molecule has 1 aromatic heterocycles. The molecule has 4 heteroatoms. The van der Waals surface area contributed by atoms with Crippen molar-refractivity contribution in [3.05, 3.63) is 40.4 Å². The third kappa shape index (κ3) is 2.72. The van der Waals surface area contributed by atoms with Gasteiger partial charge in [-0.05, 0) is 49.5 Å². The molecule has 2 aromatic rings. The first-order chi connectivity index (χ1) is 10.0. The van der Waals surface area contributed by atoms with Crippen molar-refractivity contribution < 1.29 is 0 Å². The van der Waals surface area contributed by atoms with Crippen molar-refractivity contribution in [2.45, 2.75) is 33.2 Å². The van der Waals surface area contributed by atoms with Crippen molar-refractivity contribution in [1.29, 1.82) is 0 Å². The standard InChI is InChI=1S/C17H23N3O/c1-4-13-5-6-15-14(9-13)16(21)20(12-18-15)11-17(2)7-8-19(3)10-17/h5-6,9,12H,4,7-8,10-11H2,1-3H3/t17-/m1/s1. The van der Waals surface area contributed by atoms with Gasteiger partial charge in [0, 0.05) is 13.1 Å². The van der Waals surface area contributed by atoms with E-state index in [0.717, 1.165) is 43.4 Å². The quantitative estimate of drug-likeness (QED) is 0.868. The van der Waals surface area contributed by atoms with Crippen LogP contribution in [0.4, 0.5) is 0 Å². The second kappa shape index (κ2) is 5.26. The molecule has 0 spiro atoms. The Morgan fingerprint density at radius 1 is 1.38 bits per heavy atom. The molecular weight excluding hydrogens is 262 g/mol. The summed E-state index contributed by atoms with van der Waals surface area (Å²) in [4.78, 5) is 19.5. The van der Waals surface area contributed by atoms with Gasteiger partial charge >= 0.3 is 0 Å². The van der Waals surface area contributed by atoms with Gasteiger partial charge in [0.05, 0.1) is 17.2 Å². The van der Waals surface area contributed by atoms with Crippen LogP contribution in [0.1, 0.15) is 25.8 Å². The van der Waals surface area contributed by atoms with E-state index < -0.39 is 0 Å². The minimum Gasteiger partial charge on any atom is -0.306 e. The van der Waals surface area contributed by atoms with E-state index in [1.54, 1.807) is 10.9 Å². The number of hydrogen-bond donors (Lipinski definition) is 0. The van der Waals surface area contributed by atoms with Gasteiger partial charge in [-0.2, -0.15) is 0 Å². The second-order valence-corrected chi connectivity index (χ2v) is 6.68. The van der Waals surface area contributed by atoms with Gasteiger partial charge in [0.15, 0.2) is 0 Å². The zero-order valence-electron chi connectivity index (χ0n) is 13.1. The molecule has 112 valence electrons. The Hall–Kier alpha value is -1.68. The van der Waals surface area contributed by atoms with Crippen LogP contribution < -0.4 is 5.56 Å². The maximum Gasteiger partial charge on any atom is 0.261 e. The summed E-state index contributed by atoms with van der Waals surface area (Å²) in [5.74, 6) is 0. The highest BCUT2D eigenvalue weighted by Crippen LogP contribution is 2.30. The first-order valence-electron chi connectivity index (χ1n) is 7.67. The third-order valence-electron chi connectivity index (χ3n) is 4.60. The molecule has 4 nitrogen and oxygen atoms in total. The number of fused-ring (bicyclic) bond motifs is 1. The zero-order chi connectivity index (χ0) is 15.0.